The van der Waals surface area contributed by atoms with E-state index < -0.39 is 11.7 Å². The van der Waals surface area contributed by atoms with Gasteiger partial charge < -0.3 is 19.8 Å². The van der Waals surface area contributed by atoms with Gasteiger partial charge in [0.05, 0.1) is 24.4 Å². The van der Waals surface area contributed by atoms with Gasteiger partial charge in [-0.1, -0.05) is 12.1 Å². The number of fused-ring (bicyclic) bond motifs is 1. The zero-order chi connectivity index (χ0) is 22.5. The SMILES string of the molecule is CCOC(=O)c1ccc(NC(=O)c2ccc(NCn3c(=O)oc4ccccc43)cc2)cc1. The standard InChI is InChI=1S/C24H21N3O5/c1-2-31-23(29)17-9-13-19(14-10-17)26-22(28)16-7-11-18(12-8-16)25-15-27-20-5-3-4-6-21(20)32-24(27)30/h3-14,25H,2,15H2,1H3,(H,26,28). The Bertz CT molecular complexity index is 1300. The second-order valence-corrected chi connectivity index (χ2v) is 6.93. The first kappa shape index (κ1) is 20.9. The lowest BCUT2D eigenvalue weighted by atomic mass is 10.1. The van der Waals surface area contributed by atoms with Gasteiger partial charge in [-0.25, -0.2) is 9.59 Å². The molecule has 32 heavy (non-hydrogen) atoms. The highest BCUT2D eigenvalue weighted by Crippen LogP contribution is 2.16. The Morgan fingerprint density at radius 3 is 2.28 bits per heavy atom. The number of hydrogen-bond acceptors (Lipinski definition) is 6. The van der Waals surface area contributed by atoms with Crippen LogP contribution in [0.3, 0.4) is 0 Å². The summed E-state index contributed by atoms with van der Waals surface area (Å²) in [5, 5.41) is 5.94. The van der Waals surface area contributed by atoms with E-state index in [1.807, 2.05) is 18.2 Å². The van der Waals surface area contributed by atoms with Crippen LogP contribution >= 0.6 is 0 Å². The lowest BCUT2D eigenvalue weighted by Gasteiger charge is -2.09. The summed E-state index contributed by atoms with van der Waals surface area (Å²) in [5.41, 5.74) is 3.44. The van der Waals surface area contributed by atoms with Crippen molar-refractivity contribution < 1.29 is 18.7 Å². The van der Waals surface area contributed by atoms with Crippen molar-refractivity contribution >= 4 is 34.4 Å². The van der Waals surface area contributed by atoms with Gasteiger partial charge in [0.25, 0.3) is 5.91 Å². The van der Waals surface area contributed by atoms with Crippen molar-refractivity contribution in [3.8, 4) is 0 Å². The molecule has 0 bridgehead atoms. The van der Waals surface area contributed by atoms with E-state index in [-0.39, 0.29) is 12.6 Å². The molecule has 0 spiro atoms. The Morgan fingerprint density at radius 1 is 0.906 bits per heavy atom. The number of anilines is 2. The number of esters is 1. The van der Waals surface area contributed by atoms with Gasteiger partial charge in [0.15, 0.2) is 5.58 Å². The number of ether oxygens (including phenoxy) is 1. The fraction of sp³-hybridized carbons (Fsp3) is 0.125. The fourth-order valence-corrected chi connectivity index (χ4v) is 3.18. The van der Waals surface area contributed by atoms with Crippen molar-refractivity contribution in [1.29, 1.82) is 0 Å². The smallest absolute Gasteiger partial charge is 0.421 e. The van der Waals surface area contributed by atoms with Crippen LogP contribution in [0.15, 0.2) is 82.0 Å². The first-order valence-corrected chi connectivity index (χ1v) is 10.1. The zero-order valence-electron chi connectivity index (χ0n) is 17.3. The molecule has 0 atom stereocenters. The second kappa shape index (κ2) is 9.22. The number of benzene rings is 3. The monoisotopic (exact) mass is 431 g/mol. The molecule has 0 fully saturated rings. The van der Waals surface area contributed by atoms with Gasteiger partial charge in [-0.3, -0.25) is 9.36 Å². The Balaban J connectivity index is 1.38. The van der Waals surface area contributed by atoms with Gasteiger partial charge in [-0.2, -0.15) is 0 Å². The number of carbonyl (C=O) groups excluding carboxylic acids is 2. The number of nitrogens with one attached hydrogen (secondary N) is 2. The Morgan fingerprint density at radius 2 is 1.56 bits per heavy atom. The van der Waals surface area contributed by atoms with Gasteiger partial charge in [0.1, 0.15) is 0 Å². The normalized spacial score (nSPS) is 10.7. The highest BCUT2D eigenvalue weighted by molar-refractivity contribution is 6.04. The first-order chi connectivity index (χ1) is 15.5. The molecule has 0 unspecified atom stereocenters. The van der Waals surface area contributed by atoms with E-state index in [0.717, 1.165) is 5.69 Å². The van der Waals surface area contributed by atoms with Gasteiger partial charge in [0, 0.05) is 16.9 Å². The number of amides is 1. The van der Waals surface area contributed by atoms with E-state index >= 15 is 0 Å². The summed E-state index contributed by atoms with van der Waals surface area (Å²) >= 11 is 0. The lowest BCUT2D eigenvalue weighted by Crippen LogP contribution is -2.19. The predicted octanol–water partition coefficient (Wildman–Crippen LogP) is 4.09. The summed E-state index contributed by atoms with van der Waals surface area (Å²) in [4.78, 5) is 36.3. The van der Waals surface area contributed by atoms with Gasteiger partial charge in [-0.15, -0.1) is 0 Å². The van der Waals surface area contributed by atoms with Crippen molar-refractivity contribution in [1.82, 2.24) is 4.57 Å². The number of rotatable bonds is 7. The molecular weight excluding hydrogens is 410 g/mol. The minimum absolute atomic E-state index is 0.230. The number of carbonyl (C=O) groups is 2. The summed E-state index contributed by atoms with van der Waals surface area (Å²) in [6.07, 6.45) is 0. The van der Waals surface area contributed by atoms with Crippen LogP contribution in [0, 0.1) is 0 Å². The van der Waals surface area contributed by atoms with Crippen LogP contribution in [0.4, 0.5) is 11.4 Å². The Kier molecular flexibility index (Phi) is 6.03. The molecule has 8 heteroatoms. The number of para-hydroxylation sites is 2. The average molecular weight is 431 g/mol. The van der Waals surface area contributed by atoms with E-state index in [1.165, 1.54) is 4.57 Å². The third kappa shape index (κ3) is 4.54. The number of aromatic nitrogens is 1. The molecular formula is C24H21N3O5. The topological polar surface area (TPSA) is 103 Å². The molecule has 0 aliphatic heterocycles. The van der Waals surface area contributed by atoms with Crippen LogP contribution in [0.2, 0.25) is 0 Å². The molecule has 1 aromatic heterocycles. The van der Waals surface area contributed by atoms with Crippen molar-refractivity contribution in [2.45, 2.75) is 13.6 Å². The van der Waals surface area contributed by atoms with Gasteiger partial charge in [0.2, 0.25) is 0 Å². The van der Waals surface area contributed by atoms with E-state index in [1.54, 1.807) is 61.5 Å². The lowest BCUT2D eigenvalue weighted by molar-refractivity contribution is 0.0526. The molecule has 0 aliphatic rings. The van der Waals surface area contributed by atoms with Crippen molar-refractivity contribution in [3.63, 3.8) is 0 Å². The van der Waals surface area contributed by atoms with Crippen LogP contribution in [0.5, 0.6) is 0 Å². The van der Waals surface area contributed by atoms with Gasteiger partial charge >= 0.3 is 11.7 Å². The highest BCUT2D eigenvalue weighted by Gasteiger charge is 2.10. The van der Waals surface area contributed by atoms with Crippen LogP contribution < -0.4 is 16.4 Å². The van der Waals surface area contributed by atoms with E-state index in [9.17, 15) is 14.4 Å². The van der Waals surface area contributed by atoms with Crippen LogP contribution in [0.25, 0.3) is 11.1 Å². The summed E-state index contributed by atoms with van der Waals surface area (Å²) in [7, 11) is 0. The molecule has 4 aromatic rings. The van der Waals surface area contributed by atoms with Crippen LogP contribution in [0.1, 0.15) is 27.6 Å². The fourth-order valence-electron chi connectivity index (χ4n) is 3.18. The number of hydrogen-bond donors (Lipinski definition) is 2. The summed E-state index contributed by atoms with van der Waals surface area (Å²) in [6.45, 7) is 2.28. The predicted molar refractivity (Wildman–Crippen MR) is 121 cm³/mol. The number of oxazole rings is 1. The summed E-state index contributed by atoms with van der Waals surface area (Å²) in [5.74, 6) is -1.12. The van der Waals surface area contributed by atoms with Crippen molar-refractivity contribution in [2.75, 3.05) is 17.2 Å². The van der Waals surface area contributed by atoms with Crippen molar-refractivity contribution in [3.05, 3.63) is 94.5 Å². The minimum atomic E-state index is -0.441. The van der Waals surface area contributed by atoms with Crippen LogP contribution in [-0.4, -0.2) is 23.1 Å². The van der Waals surface area contributed by atoms with Gasteiger partial charge in [-0.05, 0) is 67.6 Å². The summed E-state index contributed by atoms with van der Waals surface area (Å²) in [6, 6.07) is 20.6. The van der Waals surface area contributed by atoms with E-state index in [0.29, 0.717) is 34.5 Å². The maximum absolute atomic E-state index is 12.5. The largest absolute Gasteiger partial charge is 0.462 e. The molecule has 0 aliphatic carbocycles. The molecule has 8 nitrogen and oxygen atoms in total. The maximum Gasteiger partial charge on any atom is 0.421 e. The third-order valence-corrected chi connectivity index (χ3v) is 4.82. The third-order valence-electron chi connectivity index (χ3n) is 4.82. The molecule has 0 saturated carbocycles. The minimum Gasteiger partial charge on any atom is -0.462 e. The highest BCUT2D eigenvalue weighted by atomic mass is 16.5. The summed E-state index contributed by atoms with van der Waals surface area (Å²) < 4.78 is 11.7. The quantitative estimate of drug-likeness (QED) is 0.427. The van der Waals surface area contributed by atoms with Crippen LogP contribution in [-0.2, 0) is 11.4 Å². The zero-order valence-corrected chi connectivity index (χ0v) is 17.3. The van der Waals surface area contributed by atoms with E-state index in [4.69, 9.17) is 9.15 Å². The average Bonchev–Trinajstić information content (AvgIpc) is 3.13. The van der Waals surface area contributed by atoms with E-state index in [2.05, 4.69) is 10.6 Å². The first-order valence-electron chi connectivity index (χ1n) is 10.1. The molecule has 1 heterocycles. The molecule has 3 aromatic carbocycles. The molecule has 1 amide bonds. The molecule has 0 saturated heterocycles. The molecule has 162 valence electrons. The maximum atomic E-state index is 12.5. The Labute approximate surface area is 183 Å². The Hall–Kier alpha value is -4.33. The molecule has 0 radical (unpaired) electrons. The second-order valence-electron chi connectivity index (χ2n) is 6.93. The molecule has 4 rings (SSSR count). The number of nitrogens with zero attached hydrogens (tertiary/aromatic N) is 1. The van der Waals surface area contributed by atoms with Crippen molar-refractivity contribution in [2.24, 2.45) is 0 Å². The molecule has 2 N–H and O–H groups in total.